The minimum absolute atomic E-state index is 0. The van der Waals surface area contributed by atoms with Gasteiger partial charge in [0.25, 0.3) is 0 Å². The Balaban J connectivity index is 0.00000121. The van der Waals surface area contributed by atoms with Crippen LogP contribution in [0.5, 0.6) is 0 Å². The van der Waals surface area contributed by atoms with Gasteiger partial charge in [-0.3, -0.25) is 9.69 Å². The van der Waals surface area contributed by atoms with Crippen molar-refractivity contribution in [3.63, 3.8) is 0 Å². The van der Waals surface area contributed by atoms with Gasteiger partial charge in [0, 0.05) is 38.3 Å². The molecular weight excluding hydrogens is 325 g/mol. The number of rotatable bonds is 3. The summed E-state index contributed by atoms with van der Waals surface area (Å²) in [6.45, 7) is 5.29. The number of carbonyl (C=O) groups is 1. The number of hydrogen-bond acceptors (Lipinski definition) is 4. The first kappa shape index (κ1) is 20.0. The molecule has 130 valence electrons. The maximum atomic E-state index is 12.7. The predicted octanol–water partition coefficient (Wildman–Crippen LogP) is 1.29. The zero-order chi connectivity index (χ0) is 14.1. The summed E-state index contributed by atoms with van der Waals surface area (Å²) in [5.74, 6) is 0.276. The largest absolute Gasteiger partial charge is 0.379 e. The van der Waals surface area contributed by atoms with Crippen LogP contribution in [0.15, 0.2) is 0 Å². The Kier molecular flexibility index (Phi) is 7.89. The van der Waals surface area contributed by atoms with Crippen molar-refractivity contribution in [1.29, 1.82) is 0 Å². The second kappa shape index (κ2) is 8.69. The van der Waals surface area contributed by atoms with Crippen molar-refractivity contribution >= 4 is 30.7 Å². The summed E-state index contributed by atoms with van der Waals surface area (Å²) in [7, 11) is 1.99. The lowest BCUT2D eigenvalue weighted by atomic mass is 9.98. The molecule has 2 bridgehead atoms. The summed E-state index contributed by atoms with van der Waals surface area (Å²) in [6, 6.07) is 1.67. The third-order valence-electron chi connectivity index (χ3n) is 5.29. The molecular formula is C15H29Cl2N3O2. The molecule has 3 rings (SSSR count). The Bertz CT molecular complexity index is 355. The Labute approximate surface area is 145 Å². The van der Waals surface area contributed by atoms with Crippen LogP contribution >= 0.6 is 24.8 Å². The number of nitrogens with zero attached hydrogens (tertiary/aromatic N) is 2. The summed E-state index contributed by atoms with van der Waals surface area (Å²) >= 11 is 0. The van der Waals surface area contributed by atoms with Crippen molar-refractivity contribution in [3.8, 4) is 0 Å². The highest BCUT2D eigenvalue weighted by Crippen LogP contribution is 2.29. The average molecular weight is 354 g/mol. The van der Waals surface area contributed by atoms with E-state index in [-0.39, 0.29) is 36.8 Å². The fourth-order valence-electron chi connectivity index (χ4n) is 3.94. The maximum Gasteiger partial charge on any atom is 0.239 e. The Hall–Kier alpha value is -0.0700. The molecule has 0 saturated carbocycles. The first-order valence-corrected chi connectivity index (χ1v) is 7.99. The van der Waals surface area contributed by atoms with Gasteiger partial charge in [0.05, 0.1) is 19.3 Å². The minimum atomic E-state index is -0.0172. The van der Waals surface area contributed by atoms with Crippen LogP contribution in [0.4, 0.5) is 0 Å². The second-order valence-electron chi connectivity index (χ2n) is 6.54. The van der Waals surface area contributed by atoms with E-state index in [0.29, 0.717) is 18.1 Å². The van der Waals surface area contributed by atoms with Crippen LogP contribution in [-0.2, 0) is 9.53 Å². The molecule has 3 aliphatic rings. The number of fused-ring (bicyclic) bond motifs is 2. The molecule has 3 fully saturated rings. The first-order chi connectivity index (χ1) is 9.65. The van der Waals surface area contributed by atoms with E-state index in [1.54, 1.807) is 0 Å². The van der Waals surface area contributed by atoms with Gasteiger partial charge in [0.1, 0.15) is 0 Å². The van der Waals surface area contributed by atoms with Gasteiger partial charge in [-0.15, -0.1) is 24.8 Å². The van der Waals surface area contributed by atoms with E-state index in [9.17, 15) is 4.79 Å². The number of likely N-dealkylation sites (N-methyl/N-ethyl adjacent to an activating group) is 1. The van der Waals surface area contributed by atoms with Gasteiger partial charge >= 0.3 is 0 Å². The van der Waals surface area contributed by atoms with E-state index in [1.807, 2.05) is 18.9 Å². The average Bonchev–Trinajstić information content (AvgIpc) is 2.84. The van der Waals surface area contributed by atoms with E-state index in [0.717, 1.165) is 39.1 Å². The van der Waals surface area contributed by atoms with E-state index in [1.165, 1.54) is 12.8 Å². The summed E-state index contributed by atoms with van der Waals surface area (Å²) in [6.07, 6.45) is 4.80. The molecule has 0 aromatic rings. The Morgan fingerprint density at radius 2 is 1.73 bits per heavy atom. The molecule has 0 aliphatic carbocycles. The maximum absolute atomic E-state index is 12.7. The van der Waals surface area contributed by atoms with Crippen molar-refractivity contribution in [2.24, 2.45) is 0 Å². The van der Waals surface area contributed by atoms with Crippen LogP contribution in [0.2, 0.25) is 0 Å². The van der Waals surface area contributed by atoms with Crippen LogP contribution in [0, 0.1) is 0 Å². The van der Waals surface area contributed by atoms with Crippen molar-refractivity contribution in [1.82, 2.24) is 15.1 Å². The minimum Gasteiger partial charge on any atom is -0.379 e. The standard InChI is InChI=1S/C15H27N3O2.2ClH/c1-11(18-5-7-20-8-6-18)15(19)17(2)14-9-12-3-4-13(10-14)16-12;;/h11-14,16H,3-10H2,1-2H3;2*1H. The van der Waals surface area contributed by atoms with Gasteiger partial charge < -0.3 is 15.0 Å². The normalized spacial score (nSPS) is 32.5. The Morgan fingerprint density at radius 1 is 1.18 bits per heavy atom. The van der Waals surface area contributed by atoms with Crippen molar-refractivity contribution < 1.29 is 9.53 Å². The lowest BCUT2D eigenvalue weighted by Gasteiger charge is -2.39. The number of halogens is 2. The Morgan fingerprint density at radius 3 is 2.27 bits per heavy atom. The summed E-state index contributed by atoms with van der Waals surface area (Å²) in [5.41, 5.74) is 0. The van der Waals surface area contributed by atoms with Gasteiger partial charge in [-0.25, -0.2) is 0 Å². The monoisotopic (exact) mass is 353 g/mol. The number of amides is 1. The lowest BCUT2D eigenvalue weighted by Crippen LogP contribution is -2.55. The highest BCUT2D eigenvalue weighted by molar-refractivity contribution is 5.85. The van der Waals surface area contributed by atoms with Crippen LogP contribution in [0.1, 0.15) is 32.6 Å². The van der Waals surface area contributed by atoms with E-state index in [2.05, 4.69) is 10.2 Å². The number of ether oxygens (including phenoxy) is 1. The molecule has 0 aromatic carbocycles. The first-order valence-electron chi connectivity index (χ1n) is 7.99. The van der Waals surface area contributed by atoms with Crippen LogP contribution in [0.25, 0.3) is 0 Å². The third kappa shape index (κ3) is 4.26. The summed E-state index contributed by atoms with van der Waals surface area (Å²) in [5, 5.41) is 3.64. The number of piperidine rings is 1. The predicted molar refractivity (Wildman–Crippen MR) is 92.1 cm³/mol. The fraction of sp³-hybridized carbons (Fsp3) is 0.933. The second-order valence-corrected chi connectivity index (χ2v) is 6.54. The van der Waals surface area contributed by atoms with E-state index in [4.69, 9.17) is 4.74 Å². The molecule has 1 amide bonds. The van der Waals surface area contributed by atoms with Gasteiger partial charge in [-0.1, -0.05) is 0 Å². The van der Waals surface area contributed by atoms with Crippen molar-refractivity contribution in [2.75, 3.05) is 33.4 Å². The molecule has 3 aliphatic heterocycles. The number of carbonyl (C=O) groups excluding carboxylic acids is 1. The lowest BCUT2D eigenvalue weighted by molar-refractivity contribution is -0.139. The zero-order valence-corrected chi connectivity index (χ0v) is 15.1. The quantitative estimate of drug-likeness (QED) is 0.830. The molecule has 3 saturated heterocycles. The molecule has 5 nitrogen and oxygen atoms in total. The van der Waals surface area contributed by atoms with Gasteiger partial charge in [0.15, 0.2) is 0 Å². The van der Waals surface area contributed by atoms with E-state index >= 15 is 0 Å². The number of nitrogens with one attached hydrogen (secondary N) is 1. The zero-order valence-electron chi connectivity index (χ0n) is 13.5. The molecule has 0 spiro atoms. The number of morpholine rings is 1. The molecule has 1 N–H and O–H groups in total. The third-order valence-corrected chi connectivity index (χ3v) is 5.29. The molecule has 7 heteroatoms. The SMILES string of the molecule is CC(C(=O)N(C)C1CC2CCC(C1)N2)N1CCOCC1.Cl.Cl. The van der Waals surface area contributed by atoms with Crippen LogP contribution < -0.4 is 5.32 Å². The molecule has 3 unspecified atom stereocenters. The van der Waals surface area contributed by atoms with Gasteiger partial charge in [-0.05, 0) is 32.6 Å². The highest BCUT2D eigenvalue weighted by Gasteiger charge is 2.37. The molecule has 3 heterocycles. The van der Waals surface area contributed by atoms with Gasteiger partial charge in [0.2, 0.25) is 5.91 Å². The summed E-state index contributed by atoms with van der Waals surface area (Å²) in [4.78, 5) is 17.0. The van der Waals surface area contributed by atoms with Crippen molar-refractivity contribution in [3.05, 3.63) is 0 Å². The fourth-order valence-corrected chi connectivity index (χ4v) is 3.94. The highest BCUT2D eigenvalue weighted by atomic mass is 35.5. The molecule has 0 aromatic heterocycles. The van der Waals surface area contributed by atoms with Crippen LogP contribution in [-0.4, -0.2) is 73.2 Å². The summed E-state index contributed by atoms with van der Waals surface area (Å²) < 4.78 is 5.37. The molecule has 22 heavy (non-hydrogen) atoms. The van der Waals surface area contributed by atoms with E-state index < -0.39 is 0 Å². The molecule has 0 radical (unpaired) electrons. The van der Waals surface area contributed by atoms with Crippen molar-refractivity contribution in [2.45, 2.75) is 56.8 Å². The smallest absolute Gasteiger partial charge is 0.239 e. The molecule has 3 atom stereocenters. The van der Waals surface area contributed by atoms with Gasteiger partial charge in [-0.2, -0.15) is 0 Å². The number of hydrogen-bond donors (Lipinski definition) is 1. The topological polar surface area (TPSA) is 44.8 Å². The van der Waals surface area contributed by atoms with Crippen LogP contribution in [0.3, 0.4) is 0 Å².